The summed E-state index contributed by atoms with van der Waals surface area (Å²) in [6, 6.07) is 13.5. The molecule has 3 aromatic rings. The van der Waals surface area contributed by atoms with E-state index in [4.69, 9.17) is 0 Å². The smallest absolute Gasteiger partial charge is 0.258 e. The van der Waals surface area contributed by atoms with Crippen molar-refractivity contribution in [2.75, 3.05) is 0 Å². The molecule has 1 aromatic heterocycles. The fourth-order valence-corrected chi connectivity index (χ4v) is 2.67. The lowest BCUT2D eigenvalue weighted by molar-refractivity contribution is 0.617. The Bertz CT molecular complexity index is 905. The van der Waals surface area contributed by atoms with Crippen LogP contribution in [0.2, 0.25) is 0 Å². The Morgan fingerprint density at radius 3 is 2.64 bits per heavy atom. The Morgan fingerprint density at radius 2 is 1.91 bits per heavy atom. The molecule has 0 saturated heterocycles. The topological polar surface area (TPSA) is 34.9 Å². The van der Waals surface area contributed by atoms with E-state index in [1.54, 1.807) is 19.1 Å². The van der Waals surface area contributed by atoms with Crippen molar-refractivity contribution in [2.24, 2.45) is 0 Å². The van der Waals surface area contributed by atoms with Gasteiger partial charge in [-0.1, -0.05) is 40.2 Å². The number of rotatable bonds is 2. The van der Waals surface area contributed by atoms with E-state index in [1.807, 2.05) is 24.3 Å². The van der Waals surface area contributed by atoms with Gasteiger partial charge in [-0.25, -0.2) is 9.37 Å². The zero-order valence-electron chi connectivity index (χ0n) is 11.8. The van der Waals surface area contributed by atoms with E-state index in [2.05, 4.69) is 20.9 Å². The molecule has 3 nitrogen and oxygen atoms in total. The van der Waals surface area contributed by atoms with Crippen molar-refractivity contribution in [3.8, 4) is 17.1 Å². The zero-order chi connectivity index (χ0) is 15.7. The highest BCUT2D eigenvalue weighted by Crippen LogP contribution is 2.27. The molecule has 0 aliphatic heterocycles. The molecular weight excluding hydrogens is 347 g/mol. The van der Waals surface area contributed by atoms with E-state index in [0.717, 1.165) is 10.0 Å². The summed E-state index contributed by atoms with van der Waals surface area (Å²) in [5.41, 5.74) is 1.49. The third-order valence-corrected chi connectivity index (χ3v) is 4.07. The SMILES string of the molecule is Cc1ccc(-n2c(-c3ccccc3Br)nccc2=O)cc1F. The molecule has 0 amide bonds. The van der Waals surface area contributed by atoms with Crippen LogP contribution >= 0.6 is 15.9 Å². The minimum atomic E-state index is -0.355. The van der Waals surface area contributed by atoms with Crippen LogP contribution in [-0.4, -0.2) is 9.55 Å². The first-order valence-corrected chi connectivity index (χ1v) is 7.47. The van der Waals surface area contributed by atoms with Crippen LogP contribution in [0.4, 0.5) is 4.39 Å². The highest BCUT2D eigenvalue weighted by atomic mass is 79.9. The first-order valence-electron chi connectivity index (χ1n) is 6.67. The van der Waals surface area contributed by atoms with Crippen LogP contribution in [0.25, 0.3) is 17.1 Å². The van der Waals surface area contributed by atoms with Crippen LogP contribution in [-0.2, 0) is 0 Å². The molecule has 0 fully saturated rings. The Morgan fingerprint density at radius 1 is 1.14 bits per heavy atom. The summed E-state index contributed by atoms with van der Waals surface area (Å²) in [6.07, 6.45) is 1.46. The van der Waals surface area contributed by atoms with Gasteiger partial charge in [-0.3, -0.25) is 9.36 Å². The molecule has 0 N–H and O–H groups in total. The second-order valence-corrected chi connectivity index (χ2v) is 5.71. The number of hydrogen-bond acceptors (Lipinski definition) is 2. The Balaban J connectivity index is 2.30. The summed E-state index contributed by atoms with van der Waals surface area (Å²) < 4.78 is 16.1. The van der Waals surface area contributed by atoms with Crippen molar-refractivity contribution in [3.63, 3.8) is 0 Å². The monoisotopic (exact) mass is 358 g/mol. The van der Waals surface area contributed by atoms with Gasteiger partial charge in [0.05, 0.1) is 5.69 Å². The maximum Gasteiger partial charge on any atom is 0.258 e. The fourth-order valence-electron chi connectivity index (χ4n) is 2.21. The van der Waals surface area contributed by atoms with Crippen LogP contribution in [0.1, 0.15) is 5.56 Å². The van der Waals surface area contributed by atoms with Crippen molar-refractivity contribution in [3.05, 3.63) is 80.9 Å². The maximum absolute atomic E-state index is 13.9. The second kappa shape index (κ2) is 5.85. The molecule has 0 saturated carbocycles. The van der Waals surface area contributed by atoms with Gasteiger partial charge in [-0.15, -0.1) is 0 Å². The number of hydrogen-bond donors (Lipinski definition) is 0. The molecule has 0 atom stereocenters. The lowest BCUT2D eigenvalue weighted by Crippen LogP contribution is -2.20. The largest absolute Gasteiger partial charge is 0.269 e. The van der Waals surface area contributed by atoms with Gasteiger partial charge >= 0.3 is 0 Å². The van der Waals surface area contributed by atoms with Gasteiger partial charge in [-0.2, -0.15) is 0 Å². The van der Waals surface area contributed by atoms with E-state index < -0.39 is 0 Å². The van der Waals surface area contributed by atoms with Crippen molar-refractivity contribution in [2.45, 2.75) is 6.92 Å². The molecular formula is C17H12BrFN2O. The summed E-state index contributed by atoms with van der Waals surface area (Å²) >= 11 is 3.46. The van der Waals surface area contributed by atoms with Crippen molar-refractivity contribution >= 4 is 15.9 Å². The molecule has 110 valence electrons. The van der Waals surface area contributed by atoms with Crippen LogP contribution in [0.15, 0.2) is 64.0 Å². The summed E-state index contributed by atoms with van der Waals surface area (Å²) in [6.45, 7) is 1.68. The lowest BCUT2D eigenvalue weighted by Gasteiger charge is -2.13. The highest BCUT2D eigenvalue weighted by molar-refractivity contribution is 9.10. The predicted octanol–water partition coefficient (Wildman–Crippen LogP) is 4.11. The molecule has 0 aliphatic carbocycles. The molecule has 1 heterocycles. The van der Waals surface area contributed by atoms with Crippen molar-refractivity contribution < 1.29 is 4.39 Å². The van der Waals surface area contributed by atoms with Gasteiger partial charge in [0.15, 0.2) is 0 Å². The average Bonchev–Trinajstić information content (AvgIpc) is 2.50. The molecule has 0 bridgehead atoms. The number of aryl methyl sites for hydroxylation is 1. The molecule has 0 radical (unpaired) electrons. The zero-order valence-corrected chi connectivity index (χ0v) is 13.3. The summed E-state index contributed by atoms with van der Waals surface area (Å²) in [4.78, 5) is 16.6. The predicted molar refractivity (Wildman–Crippen MR) is 87.7 cm³/mol. The van der Waals surface area contributed by atoms with E-state index in [9.17, 15) is 9.18 Å². The Kier molecular flexibility index (Phi) is 3.90. The highest BCUT2D eigenvalue weighted by Gasteiger charge is 2.13. The summed E-state index contributed by atoms with van der Waals surface area (Å²) in [5, 5.41) is 0. The van der Waals surface area contributed by atoms with Crippen LogP contribution in [0.5, 0.6) is 0 Å². The van der Waals surface area contributed by atoms with Gasteiger partial charge in [-0.05, 0) is 30.7 Å². The van der Waals surface area contributed by atoms with Crippen LogP contribution in [0.3, 0.4) is 0 Å². The fraction of sp³-hybridized carbons (Fsp3) is 0.0588. The Labute approximate surface area is 135 Å². The van der Waals surface area contributed by atoms with Crippen molar-refractivity contribution in [1.29, 1.82) is 0 Å². The normalized spacial score (nSPS) is 10.7. The lowest BCUT2D eigenvalue weighted by atomic mass is 10.1. The standard InChI is InChI=1S/C17H12BrFN2O/c1-11-6-7-12(10-15(11)19)21-16(22)8-9-20-17(21)13-4-2-3-5-14(13)18/h2-10H,1H3. The molecule has 5 heteroatoms. The number of nitrogens with zero attached hydrogens (tertiary/aromatic N) is 2. The van der Waals surface area contributed by atoms with E-state index in [1.165, 1.54) is 22.9 Å². The van der Waals surface area contributed by atoms with E-state index >= 15 is 0 Å². The second-order valence-electron chi connectivity index (χ2n) is 4.86. The molecule has 0 unspecified atom stereocenters. The summed E-state index contributed by atoms with van der Waals surface area (Å²) in [7, 11) is 0. The minimum Gasteiger partial charge on any atom is -0.269 e. The third-order valence-electron chi connectivity index (χ3n) is 3.37. The van der Waals surface area contributed by atoms with Gasteiger partial charge < -0.3 is 0 Å². The number of halogens is 2. The maximum atomic E-state index is 13.9. The number of benzene rings is 2. The van der Waals surface area contributed by atoms with Gasteiger partial charge in [0, 0.05) is 22.3 Å². The summed E-state index contributed by atoms with van der Waals surface area (Å²) in [5.74, 6) is 0.106. The van der Waals surface area contributed by atoms with Crippen LogP contribution in [0, 0.1) is 12.7 Å². The first kappa shape index (κ1) is 14.7. The van der Waals surface area contributed by atoms with Crippen LogP contribution < -0.4 is 5.56 Å². The van der Waals surface area contributed by atoms with Gasteiger partial charge in [0.1, 0.15) is 11.6 Å². The molecule has 0 aliphatic rings. The molecule has 3 rings (SSSR count). The first-order chi connectivity index (χ1) is 10.6. The quantitative estimate of drug-likeness (QED) is 0.690. The van der Waals surface area contributed by atoms with E-state index in [-0.39, 0.29) is 11.4 Å². The molecule has 2 aromatic carbocycles. The van der Waals surface area contributed by atoms with Crippen molar-refractivity contribution in [1.82, 2.24) is 9.55 Å². The molecule has 22 heavy (non-hydrogen) atoms. The van der Waals surface area contributed by atoms with E-state index in [0.29, 0.717) is 17.1 Å². The van der Waals surface area contributed by atoms with Gasteiger partial charge in [0.2, 0.25) is 0 Å². The average molecular weight is 359 g/mol. The third kappa shape index (κ3) is 2.60. The van der Waals surface area contributed by atoms with Gasteiger partial charge in [0.25, 0.3) is 5.56 Å². The minimum absolute atomic E-state index is 0.260. The molecule has 0 spiro atoms. The Hall–Kier alpha value is -2.27. The number of aromatic nitrogens is 2.